The summed E-state index contributed by atoms with van der Waals surface area (Å²) < 4.78 is 10.6. The Morgan fingerprint density at radius 1 is 1.22 bits per heavy atom. The van der Waals surface area contributed by atoms with Gasteiger partial charge in [-0.2, -0.15) is 0 Å². The van der Waals surface area contributed by atoms with Gasteiger partial charge in [0, 0.05) is 44.4 Å². The first-order valence-corrected chi connectivity index (χ1v) is 7.70. The van der Waals surface area contributed by atoms with Crippen molar-refractivity contribution < 1.29 is 14.3 Å². The van der Waals surface area contributed by atoms with Crippen molar-refractivity contribution in [2.24, 2.45) is 0 Å². The molecule has 1 aliphatic rings. The second-order valence-corrected chi connectivity index (χ2v) is 5.33. The summed E-state index contributed by atoms with van der Waals surface area (Å²) in [6.45, 7) is 7.87. The number of carbonyl (C=O) groups excluding carboxylic acids is 1. The first-order chi connectivity index (χ1) is 11.2. The van der Waals surface area contributed by atoms with Crippen LogP contribution >= 0.6 is 0 Å². The van der Waals surface area contributed by atoms with Gasteiger partial charge >= 0.3 is 0 Å². The van der Waals surface area contributed by atoms with Crippen molar-refractivity contribution in [2.75, 3.05) is 46.9 Å². The summed E-state index contributed by atoms with van der Waals surface area (Å²) in [6.07, 6.45) is 5.27. The first kappa shape index (κ1) is 17.1. The van der Waals surface area contributed by atoms with Gasteiger partial charge in [-0.05, 0) is 12.1 Å². The number of benzene rings is 1. The molecule has 0 radical (unpaired) electrons. The number of para-hydroxylation sites is 1. The monoisotopic (exact) mass is 316 g/mol. The van der Waals surface area contributed by atoms with E-state index in [9.17, 15) is 4.79 Å². The predicted molar refractivity (Wildman–Crippen MR) is 91.8 cm³/mol. The van der Waals surface area contributed by atoms with Crippen LogP contribution in [0.4, 0.5) is 0 Å². The van der Waals surface area contributed by atoms with Crippen molar-refractivity contribution >= 4 is 12.0 Å². The molecule has 0 unspecified atom stereocenters. The van der Waals surface area contributed by atoms with E-state index in [1.165, 1.54) is 0 Å². The number of amides is 1. The number of carbonyl (C=O) groups is 1. The highest BCUT2D eigenvalue weighted by atomic mass is 16.5. The lowest BCUT2D eigenvalue weighted by atomic mass is 10.1. The summed E-state index contributed by atoms with van der Waals surface area (Å²) in [5, 5.41) is 0. The minimum absolute atomic E-state index is 0.0214. The van der Waals surface area contributed by atoms with Crippen LogP contribution in [0.1, 0.15) is 5.56 Å². The van der Waals surface area contributed by atoms with Gasteiger partial charge in [0.15, 0.2) is 11.5 Å². The van der Waals surface area contributed by atoms with Crippen LogP contribution in [0.25, 0.3) is 6.08 Å². The molecule has 1 aromatic rings. The van der Waals surface area contributed by atoms with E-state index in [-0.39, 0.29) is 5.91 Å². The Kier molecular flexibility index (Phi) is 6.23. The van der Waals surface area contributed by atoms with Gasteiger partial charge in [-0.25, -0.2) is 0 Å². The largest absolute Gasteiger partial charge is 0.493 e. The normalized spacial score (nSPS) is 15.7. The van der Waals surface area contributed by atoms with Crippen LogP contribution in [0.2, 0.25) is 0 Å². The Bertz CT molecular complexity index is 576. The van der Waals surface area contributed by atoms with Crippen molar-refractivity contribution in [2.45, 2.75) is 0 Å². The van der Waals surface area contributed by atoms with Crippen LogP contribution in [-0.4, -0.2) is 62.7 Å². The van der Waals surface area contributed by atoms with Crippen LogP contribution in [-0.2, 0) is 4.79 Å². The zero-order chi connectivity index (χ0) is 16.7. The molecule has 1 saturated heterocycles. The highest BCUT2D eigenvalue weighted by Crippen LogP contribution is 2.31. The summed E-state index contributed by atoms with van der Waals surface area (Å²) in [5.74, 6) is 1.31. The van der Waals surface area contributed by atoms with Crippen LogP contribution in [0.15, 0.2) is 36.9 Å². The summed E-state index contributed by atoms with van der Waals surface area (Å²) in [5.41, 5.74) is 0.825. The fourth-order valence-corrected chi connectivity index (χ4v) is 2.64. The van der Waals surface area contributed by atoms with Gasteiger partial charge in [-0.1, -0.05) is 18.2 Å². The third-order valence-electron chi connectivity index (χ3n) is 3.91. The molecule has 1 amide bonds. The molecule has 1 fully saturated rings. The van der Waals surface area contributed by atoms with Crippen LogP contribution in [0.5, 0.6) is 11.5 Å². The number of piperazine rings is 1. The van der Waals surface area contributed by atoms with Crippen molar-refractivity contribution in [1.29, 1.82) is 0 Å². The molecule has 5 heteroatoms. The van der Waals surface area contributed by atoms with E-state index in [1.54, 1.807) is 26.4 Å². The molecule has 5 nitrogen and oxygen atoms in total. The summed E-state index contributed by atoms with van der Waals surface area (Å²) >= 11 is 0. The fraction of sp³-hybridized carbons (Fsp3) is 0.389. The van der Waals surface area contributed by atoms with Crippen molar-refractivity contribution in [3.05, 3.63) is 42.5 Å². The molecule has 1 heterocycles. The third-order valence-corrected chi connectivity index (χ3v) is 3.91. The molecule has 2 rings (SSSR count). The summed E-state index contributed by atoms with van der Waals surface area (Å²) in [6, 6.07) is 5.60. The van der Waals surface area contributed by atoms with Crippen molar-refractivity contribution in [3.8, 4) is 11.5 Å². The first-order valence-electron chi connectivity index (χ1n) is 7.70. The maximum absolute atomic E-state index is 12.3. The Hall–Kier alpha value is -2.27. The molecule has 0 aliphatic carbocycles. The standard InChI is InChI=1S/C18H24N2O3/c1-4-10-19-11-13-20(14-12-19)17(21)9-8-15-6-5-7-16(22-2)18(15)23-3/h4-9H,1,10-14H2,2-3H3/b9-8-. The molecule has 124 valence electrons. The fourth-order valence-electron chi connectivity index (χ4n) is 2.64. The van der Waals surface area contributed by atoms with E-state index in [0.29, 0.717) is 11.5 Å². The minimum Gasteiger partial charge on any atom is -0.493 e. The maximum atomic E-state index is 12.3. The van der Waals surface area contributed by atoms with Gasteiger partial charge in [0.1, 0.15) is 0 Å². The topological polar surface area (TPSA) is 42.0 Å². The molecule has 1 aromatic carbocycles. The lowest BCUT2D eigenvalue weighted by Crippen LogP contribution is -2.48. The molecule has 23 heavy (non-hydrogen) atoms. The Morgan fingerprint density at radius 3 is 2.57 bits per heavy atom. The molecule has 1 aliphatic heterocycles. The molecule has 0 aromatic heterocycles. The SMILES string of the molecule is C=CCN1CCN(C(=O)/C=C\c2cccc(OC)c2OC)CC1. The molecule has 0 spiro atoms. The Balaban J connectivity index is 2.01. The van der Waals surface area contributed by atoms with Crippen LogP contribution in [0, 0.1) is 0 Å². The zero-order valence-corrected chi connectivity index (χ0v) is 13.8. The third kappa shape index (κ3) is 4.36. The predicted octanol–water partition coefficient (Wildman–Crippen LogP) is 2.05. The number of hydrogen-bond acceptors (Lipinski definition) is 4. The second kappa shape index (κ2) is 8.39. The van der Waals surface area contributed by atoms with Crippen LogP contribution in [0.3, 0.4) is 0 Å². The number of ether oxygens (including phenoxy) is 2. The summed E-state index contributed by atoms with van der Waals surface area (Å²) in [4.78, 5) is 16.5. The number of rotatable bonds is 6. The van der Waals surface area contributed by atoms with Crippen molar-refractivity contribution in [3.63, 3.8) is 0 Å². The van der Waals surface area contributed by atoms with Gasteiger partial charge in [0.05, 0.1) is 14.2 Å². The highest BCUT2D eigenvalue weighted by molar-refractivity contribution is 5.92. The number of nitrogens with zero attached hydrogens (tertiary/aromatic N) is 2. The number of methoxy groups -OCH3 is 2. The van der Waals surface area contributed by atoms with Gasteiger partial charge < -0.3 is 14.4 Å². The Labute approximate surface area is 137 Å². The molecular weight excluding hydrogens is 292 g/mol. The van der Waals surface area contributed by atoms with Gasteiger partial charge in [-0.15, -0.1) is 6.58 Å². The quantitative estimate of drug-likeness (QED) is 0.595. The van der Waals surface area contributed by atoms with Gasteiger partial charge in [-0.3, -0.25) is 9.69 Å². The molecular formula is C18H24N2O3. The zero-order valence-electron chi connectivity index (χ0n) is 13.8. The van der Waals surface area contributed by atoms with E-state index < -0.39 is 0 Å². The van der Waals surface area contributed by atoms with E-state index >= 15 is 0 Å². The second-order valence-electron chi connectivity index (χ2n) is 5.33. The molecule has 0 saturated carbocycles. The van der Waals surface area contributed by atoms with E-state index in [1.807, 2.05) is 29.2 Å². The van der Waals surface area contributed by atoms with Gasteiger partial charge in [0.25, 0.3) is 0 Å². The van der Waals surface area contributed by atoms with Gasteiger partial charge in [0.2, 0.25) is 5.91 Å². The van der Waals surface area contributed by atoms with E-state index in [4.69, 9.17) is 9.47 Å². The Morgan fingerprint density at radius 2 is 1.96 bits per heavy atom. The van der Waals surface area contributed by atoms with E-state index in [0.717, 1.165) is 38.3 Å². The average molecular weight is 316 g/mol. The van der Waals surface area contributed by atoms with Crippen LogP contribution < -0.4 is 9.47 Å². The minimum atomic E-state index is 0.0214. The highest BCUT2D eigenvalue weighted by Gasteiger charge is 2.18. The summed E-state index contributed by atoms with van der Waals surface area (Å²) in [7, 11) is 3.19. The van der Waals surface area contributed by atoms with Crippen molar-refractivity contribution in [1.82, 2.24) is 9.80 Å². The number of hydrogen-bond donors (Lipinski definition) is 0. The average Bonchev–Trinajstić information content (AvgIpc) is 2.60. The lowest BCUT2D eigenvalue weighted by molar-refractivity contribution is -0.127. The lowest BCUT2D eigenvalue weighted by Gasteiger charge is -2.33. The van der Waals surface area contributed by atoms with E-state index in [2.05, 4.69) is 11.5 Å². The molecule has 0 atom stereocenters. The molecule has 0 N–H and O–H groups in total. The molecule has 0 bridgehead atoms. The smallest absolute Gasteiger partial charge is 0.246 e. The maximum Gasteiger partial charge on any atom is 0.246 e.